The van der Waals surface area contributed by atoms with E-state index in [4.69, 9.17) is 30.6 Å². The van der Waals surface area contributed by atoms with Gasteiger partial charge >= 0.3 is 5.97 Å². The molecule has 0 bridgehead atoms. The number of carbonyl (C=O) groups excluding carboxylic acids is 1. The highest BCUT2D eigenvalue weighted by molar-refractivity contribution is 6.38. The van der Waals surface area contributed by atoms with E-state index in [9.17, 15) is 4.79 Å². The van der Waals surface area contributed by atoms with E-state index in [1.54, 1.807) is 19.1 Å². The lowest BCUT2D eigenvalue weighted by atomic mass is 10.1. The van der Waals surface area contributed by atoms with Gasteiger partial charge in [-0.3, -0.25) is 4.84 Å². The highest BCUT2D eigenvalue weighted by atomic mass is 79.9. The zero-order chi connectivity index (χ0) is 18.8. The highest BCUT2D eigenvalue weighted by Crippen LogP contribution is 2.38. The van der Waals surface area contributed by atoms with Crippen molar-refractivity contribution in [2.24, 2.45) is 0 Å². The number of esters is 1. The maximum absolute atomic E-state index is 12.3. The van der Waals surface area contributed by atoms with Crippen molar-refractivity contribution in [3.8, 4) is 11.5 Å². The third-order valence-corrected chi connectivity index (χ3v) is 4.56. The Balaban J connectivity index is 0.00000225. The Morgan fingerprint density at radius 2 is 1.89 bits per heavy atom. The van der Waals surface area contributed by atoms with E-state index < -0.39 is 5.97 Å². The summed E-state index contributed by atoms with van der Waals surface area (Å²) in [6, 6.07) is 13.2. The van der Waals surface area contributed by atoms with Crippen molar-refractivity contribution >= 4 is 28.5 Å². The SMILES string of the molecule is CCOC(=O)c1c[n+](OCc2ccccc2)c2cc3c(cc2c1Cl)OCO3.[Br-]. The van der Waals surface area contributed by atoms with Gasteiger partial charge in [0.1, 0.15) is 5.56 Å². The monoisotopic (exact) mass is 465 g/mol. The zero-order valence-electron chi connectivity index (χ0n) is 15.0. The third kappa shape index (κ3) is 3.86. The second-order valence-corrected chi connectivity index (χ2v) is 6.26. The first-order chi connectivity index (χ1) is 13.2. The van der Waals surface area contributed by atoms with E-state index >= 15 is 0 Å². The molecule has 0 N–H and O–H groups in total. The molecule has 0 amide bonds. The predicted octanol–water partition coefficient (Wildman–Crippen LogP) is 0.319. The summed E-state index contributed by atoms with van der Waals surface area (Å²) < 4.78 is 17.5. The second kappa shape index (κ2) is 8.67. The van der Waals surface area contributed by atoms with Gasteiger partial charge < -0.3 is 31.2 Å². The smallest absolute Gasteiger partial charge is 0.345 e. The molecule has 1 aromatic heterocycles. The molecule has 1 aliphatic heterocycles. The summed E-state index contributed by atoms with van der Waals surface area (Å²) >= 11 is 6.50. The van der Waals surface area contributed by atoms with E-state index in [-0.39, 0.29) is 41.0 Å². The standard InChI is InChI=1S/C20H17ClNO5.BrH/c1-2-24-20(23)15-10-22(27-11-13-6-4-3-5-7-13)16-9-18-17(25-12-26-18)8-14(16)19(15)21;/h3-10H,2,11-12H2,1H3;1H/q+1;/p-1. The van der Waals surface area contributed by atoms with Crippen LogP contribution >= 0.6 is 11.6 Å². The third-order valence-electron chi connectivity index (χ3n) is 4.16. The summed E-state index contributed by atoms with van der Waals surface area (Å²) in [5.74, 6) is 0.652. The van der Waals surface area contributed by atoms with Gasteiger partial charge in [0.2, 0.25) is 13.0 Å². The molecule has 0 spiro atoms. The van der Waals surface area contributed by atoms with Crippen molar-refractivity contribution in [3.05, 3.63) is 64.8 Å². The van der Waals surface area contributed by atoms with Gasteiger partial charge in [0.15, 0.2) is 18.1 Å². The molecule has 28 heavy (non-hydrogen) atoms. The van der Waals surface area contributed by atoms with E-state index in [2.05, 4.69) is 0 Å². The lowest BCUT2D eigenvalue weighted by Gasteiger charge is -2.08. The van der Waals surface area contributed by atoms with Crippen molar-refractivity contribution in [2.75, 3.05) is 13.4 Å². The Morgan fingerprint density at radius 3 is 2.61 bits per heavy atom. The number of aromatic nitrogens is 1. The van der Waals surface area contributed by atoms with Crippen LogP contribution in [0, 0.1) is 0 Å². The van der Waals surface area contributed by atoms with Crippen molar-refractivity contribution in [1.82, 2.24) is 0 Å². The molecule has 6 nitrogen and oxygen atoms in total. The van der Waals surface area contributed by atoms with E-state index in [0.717, 1.165) is 5.56 Å². The first-order valence-electron chi connectivity index (χ1n) is 8.49. The van der Waals surface area contributed by atoms with Gasteiger partial charge in [-0.05, 0) is 18.6 Å². The first kappa shape index (κ1) is 20.2. The number of hydrogen-bond donors (Lipinski definition) is 0. The normalized spacial score (nSPS) is 11.8. The second-order valence-electron chi connectivity index (χ2n) is 5.88. The molecule has 3 aromatic rings. The van der Waals surface area contributed by atoms with Gasteiger partial charge in [0.25, 0.3) is 5.52 Å². The van der Waals surface area contributed by atoms with Gasteiger partial charge in [-0.2, -0.15) is 0 Å². The Labute approximate surface area is 177 Å². The highest BCUT2D eigenvalue weighted by Gasteiger charge is 2.28. The number of halogens is 2. The molecule has 2 aromatic carbocycles. The fourth-order valence-electron chi connectivity index (χ4n) is 2.85. The molecule has 8 heteroatoms. The van der Waals surface area contributed by atoms with Crippen molar-refractivity contribution in [2.45, 2.75) is 13.5 Å². The number of fused-ring (bicyclic) bond motifs is 2. The number of benzene rings is 2. The number of hydrogen-bond acceptors (Lipinski definition) is 5. The minimum Gasteiger partial charge on any atom is -1.00 e. The number of pyridine rings is 1. The van der Waals surface area contributed by atoms with Gasteiger partial charge in [0, 0.05) is 4.73 Å². The molecule has 0 saturated heterocycles. The minimum atomic E-state index is -0.515. The fraction of sp³-hybridized carbons (Fsp3) is 0.200. The Hall–Kier alpha value is -2.51. The van der Waals surface area contributed by atoms with Crippen LogP contribution in [0.25, 0.3) is 10.9 Å². The van der Waals surface area contributed by atoms with E-state index in [1.807, 2.05) is 30.3 Å². The van der Waals surface area contributed by atoms with Crippen molar-refractivity contribution < 1.29 is 45.6 Å². The predicted molar refractivity (Wildman–Crippen MR) is 98.0 cm³/mol. The maximum Gasteiger partial charge on any atom is 0.345 e. The lowest BCUT2D eigenvalue weighted by molar-refractivity contribution is -0.875. The molecule has 146 valence electrons. The topological polar surface area (TPSA) is 57.9 Å². The van der Waals surface area contributed by atoms with Gasteiger partial charge in [-0.15, -0.1) is 0 Å². The number of ether oxygens (including phenoxy) is 3. The number of rotatable bonds is 5. The van der Waals surface area contributed by atoms with Crippen LogP contribution in [0.2, 0.25) is 5.02 Å². The summed E-state index contributed by atoms with van der Waals surface area (Å²) in [7, 11) is 0. The van der Waals surface area contributed by atoms with Crippen LogP contribution in [-0.4, -0.2) is 19.4 Å². The Morgan fingerprint density at radius 1 is 1.18 bits per heavy atom. The first-order valence-corrected chi connectivity index (χ1v) is 8.87. The summed E-state index contributed by atoms with van der Waals surface area (Å²) in [6.07, 6.45) is 1.54. The molecule has 4 rings (SSSR count). The van der Waals surface area contributed by atoms with Crippen LogP contribution in [0.4, 0.5) is 0 Å². The molecule has 0 aliphatic carbocycles. The van der Waals surface area contributed by atoms with Crippen LogP contribution < -0.4 is 36.0 Å². The molecular weight excluding hydrogens is 450 g/mol. The quantitative estimate of drug-likeness (QED) is 0.400. The zero-order valence-corrected chi connectivity index (χ0v) is 17.3. The molecule has 0 fully saturated rings. The van der Waals surface area contributed by atoms with Crippen LogP contribution in [0.1, 0.15) is 22.8 Å². The molecule has 0 unspecified atom stereocenters. The maximum atomic E-state index is 12.3. The molecule has 0 atom stereocenters. The summed E-state index contributed by atoms with van der Waals surface area (Å²) in [5.41, 5.74) is 1.87. The average Bonchev–Trinajstić information content (AvgIpc) is 3.15. The minimum absolute atomic E-state index is 0. The van der Waals surface area contributed by atoms with E-state index in [1.165, 1.54) is 10.9 Å². The van der Waals surface area contributed by atoms with Crippen LogP contribution in [0.3, 0.4) is 0 Å². The number of nitrogens with zero attached hydrogens (tertiary/aromatic N) is 1. The fourth-order valence-corrected chi connectivity index (χ4v) is 3.13. The summed E-state index contributed by atoms with van der Waals surface area (Å²) in [6.45, 7) is 2.45. The van der Waals surface area contributed by atoms with Gasteiger partial charge in [-0.25, -0.2) is 4.79 Å². The number of carbonyl (C=O) groups is 1. The molecule has 0 saturated carbocycles. The summed E-state index contributed by atoms with van der Waals surface area (Å²) in [4.78, 5) is 18.3. The van der Waals surface area contributed by atoms with E-state index in [0.29, 0.717) is 29.0 Å². The summed E-state index contributed by atoms with van der Waals surface area (Å²) in [5, 5.41) is 0.890. The lowest BCUT2D eigenvalue weighted by Crippen LogP contribution is -3.00. The molecule has 0 radical (unpaired) electrons. The van der Waals surface area contributed by atoms with Crippen LogP contribution in [0.15, 0.2) is 48.7 Å². The Bertz CT molecular complexity index is 1010. The van der Waals surface area contributed by atoms with Crippen LogP contribution in [0.5, 0.6) is 11.5 Å². The van der Waals surface area contributed by atoms with Crippen molar-refractivity contribution in [3.63, 3.8) is 0 Å². The largest absolute Gasteiger partial charge is 1.00 e. The molecular formula is C20H17BrClNO5. The van der Waals surface area contributed by atoms with Gasteiger partial charge in [-0.1, -0.05) is 41.9 Å². The van der Waals surface area contributed by atoms with Gasteiger partial charge in [0.05, 0.1) is 23.1 Å². The Kier molecular flexibility index (Phi) is 6.26. The van der Waals surface area contributed by atoms with Crippen molar-refractivity contribution in [1.29, 1.82) is 0 Å². The molecule has 2 heterocycles. The average molecular weight is 467 g/mol. The molecule has 1 aliphatic rings. The van der Waals surface area contributed by atoms with Crippen LogP contribution in [-0.2, 0) is 11.3 Å².